The molecule has 0 atom stereocenters. The van der Waals surface area contributed by atoms with Crippen molar-refractivity contribution in [3.05, 3.63) is 47.2 Å². The Bertz CT molecular complexity index is 933. The topological polar surface area (TPSA) is 46.4 Å². The van der Waals surface area contributed by atoms with Crippen LogP contribution >= 0.6 is 11.6 Å². The van der Waals surface area contributed by atoms with E-state index in [9.17, 15) is 0 Å². The minimum Gasteiger partial charge on any atom is -0.495 e. The highest BCUT2D eigenvalue weighted by atomic mass is 35.5. The fourth-order valence-corrected chi connectivity index (χ4v) is 3.67. The summed E-state index contributed by atoms with van der Waals surface area (Å²) in [7, 11) is 1.65. The number of aryl methyl sites for hydroxylation is 1. The third kappa shape index (κ3) is 4.01. The first-order valence-corrected chi connectivity index (χ1v) is 9.62. The van der Waals surface area contributed by atoms with Crippen LogP contribution in [0.1, 0.15) is 5.69 Å². The summed E-state index contributed by atoms with van der Waals surface area (Å²) in [4.78, 5) is 9.34. The lowest BCUT2D eigenvalue weighted by atomic mass is 10.2. The molecule has 27 heavy (non-hydrogen) atoms. The number of methoxy groups -OCH3 is 1. The highest BCUT2D eigenvalue weighted by Gasteiger charge is 2.18. The Hall–Kier alpha value is -2.31. The van der Waals surface area contributed by atoms with Crippen LogP contribution in [0, 0.1) is 6.92 Å². The Morgan fingerprint density at radius 2 is 1.89 bits per heavy atom. The second kappa shape index (κ2) is 7.74. The highest BCUT2D eigenvalue weighted by Crippen LogP contribution is 2.29. The Balaban J connectivity index is 1.32. The van der Waals surface area contributed by atoms with Crippen LogP contribution in [0.5, 0.6) is 5.75 Å². The fourth-order valence-electron chi connectivity index (χ4n) is 3.48. The van der Waals surface area contributed by atoms with Crippen LogP contribution in [-0.2, 0) is 6.54 Å². The third-order valence-electron chi connectivity index (χ3n) is 5.07. The number of fused-ring (bicyclic) bond motifs is 1. The molecule has 1 aromatic carbocycles. The van der Waals surface area contributed by atoms with Gasteiger partial charge in [-0.25, -0.2) is 4.98 Å². The molecule has 0 N–H and O–H groups in total. The molecule has 0 aliphatic carbocycles. The second-order valence-corrected chi connectivity index (χ2v) is 7.31. The number of halogens is 1. The SMILES string of the molecule is COc1cc(N2CCN(CCn3cc4ccc(C)nc4n3)CC2)ccc1Cl. The van der Waals surface area contributed by atoms with Gasteiger partial charge in [0.15, 0.2) is 5.65 Å². The second-order valence-electron chi connectivity index (χ2n) is 6.91. The van der Waals surface area contributed by atoms with E-state index in [2.05, 4.69) is 38.2 Å². The van der Waals surface area contributed by atoms with Crippen molar-refractivity contribution in [3.8, 4) is 5.75 Å². The molecule has 0 amide bonds. The minimum absolute atomic E-state index is 0.649. The van der Waals surface area contributed by atoms with E-state index in [4.69, 9.17) is 16.3 Å². The number of pyridine rings is 1. The number of hydrogen-bond donors (Lipinski definition) is 0. The Labute approximate surface area is 164 Å². The molecule has 1 aliphatic rings. The standard InChI is InChI=1S/C20H24ClN5O/c1-15-3-4-16-14-26(23-20(16)22-15)12-9-24-7-10-25(11-8-24)17-5-6-18(21)19(13-17)27-2/h3-6,13-14H,7-12H2,1-2H3. The van der Waals surface area contributed by atoms with Gasteiger partial charge in [-0.3, -0.25) is 9.58 Å². The van der Waals surface area contributed by atoms with Crippen LogP contribution in [0.4, 0.5) is 5.69 Å². The monoisotopic (exact) mass is 385 g/mol. The number of nitrogens with zero attached hydrogens (tertiary/aromatic N) is 5. The summed E-state index contributed by atoms with van der Waals surface area (Å²) in [6.45, 7) is 7.91. The number of benzene rings is 1. The molecule has 4 rings (SSSR count). The summed E-state index contributed by atoms with van der Waals surface area (Å²) in [6.07, 6.45) is 2.08. The maximum Gasteiger partial charge on any atom is 0.181 e. The molecule has 0 unspecified atom stereocenters. The summed E-state index contributed by atoms with van der Waals surface area (Å²) in [6, 6.07) is 10.1. The van der Waals surface area contributed by atoms with Crippen molar-refractivity contribution in [3.63, 3.8) is 0 Å². The number of piperazine rings is 1. The van der Waals surface area contributed by atoms with Gasteiger partial charge in [0.25, 0.3) is 0 Å². The van der Waals surface area contributed by atoms with Crippen molar-refractivity contribution in [2.75, 3.05) is 44.7 Å². The van der Waals surface area contributed by atoms with Crippen molar-refractivity contribution < 1.29 is 4.74 Å². The maximum absolute atomic E-state index is 6.13. The first kappa shape index (κ1) is 18.1. The van der Waals surface area contributed by atoms with Crippen LogP contribution < -0.4 is 9.64 Å². The van der Waals surface area contributed by atoms with Gasteiger partial charge in [-0.2, -0.15) is 5.10 Å². The van der Waals surface area contributed by atoms with Crippen molar-refractivity contribution >= 4 is 28.3 Å². The molecule has 0 saturated carbocycles. The summed E-state index contributed by atoms with van der Waals surface area (Å²) < 4.78 is 7.34. The summed E-state index contributed by atoms with van der Waals surface area (Å²) in [5, 5.41) is 6.34. The molecule has 3 aromatic rings. The smallest absolute Gasteiger partial charge is 0.181 e. The molecule has 7 heteroatoms. The summed E-state index contributed by atoms with van der Waals surface area (Å²) in [5.41, 5.74) is 3.00. The minimum atomic E-state index is 0.649. The molecule has 6 nitrogen and oxygen atoms in total. The molecule has 1 saturated heterocycles. The van der Waals surface area contributed by atoms with E-state index in [0.717, 1.165) is 67.4 Å². The first-order valence-electron chi connectivity index (χ1n) is 9.24. The fraction of sp³-hybridized carbons (Fsp3) is 0.400. The Kier molecular flexibility index (Phi) is 5.18. The molecule has 3 heterocycles. The molecule has 1 aliphatic heterocycles. The van der Waals surface area contributed by atoms with Gasteiger partial charge in [0.05, 0.1) is 18.7 Å². The zero-order valence-electron chi connectivity index (χ0n) is 15.7. The maximum atomic E-state index is 6.13. The molecule has 0 radical (unpaired) electrons. The lowest BCUT2D eigenvalue weighted by Crippen LogP contribution is -2.47. The van der Waals surface area contributed by atoms with Crippen molar-refractivity contribution in [1.29, 1.82) is 0 Å². The lowest BCUT2D eigenvalue weighted by molar-refractivity contribution is 0.244. The van der Waals surface area contributed by atoms with Gasteiger partial charge in [-0.1, -0.05) is 11.6 Å². The molecule has 142 valence electrons. The first-order chi connectivity index (χ1) is 13.1. The van der Waals surface area contributed by atoms with Crippen molar-refractivity contribution in [1.82, 2.24) is 19.7 Å². The van der Waals surface area contributed by atoms with Gasteiger partial charge in [0.1, 0.15) is 5.75 Å². The van der Waals surface area contributed by atoms with Gasteiger partial charge in [-0.05, 0) is 31.2 Å². The Morgan fingerprint density at radius 1 is 1.07 bits per heavy atom. The van der Waals surface area contributed by atoms with Gasteiger partial charge < -0.3 is 9.64 Å². The molecular formula is C20H24ClN5O. The predicted molar refractivity (Wildman–Crippen MR) is 109 cm³/mol. The van der Waals surface area contributed by atoms with Crippen molar-refractivity contribution in [2.45, 2.75) is 13.5 Å². The zero-order chi connectivity index (χ0) is 18.8. The van der Waals surface area contributed by atoms with Gasteiger partial charge in [0.2, 0.25) is 0 Å². The van der Waals surface area contributed by atoms with Gasteiger partial charge >= 0.3 is 0 Å². The van der Waals surface area contributed by atoms with E-state index < -0.39 is 0 Å². The summed E-state index contributed by atoms with van der Waals surface area (Å²) in [5.74, 6) is 0.728. The predicted octanol–water partition coefficient (Wildman–Crippen LogP) is 3.22. The Morgan fingerprint density at radius 3 is 2.67 bits per heavy atom. The van der Waals surface area contributed by atoms with Crippen LogP contribution in [0.25, 0.3) is 11.0 Å². The normalized spacial score (nSPS) is 15.4. The lowest BCUT2D eigenvalue weighted by Gasteiger charge is -2.36. The average molecular weight is 386 g/mol. The number of ether oxygens (including phenoxy) is 1. The largest absolute Gasteiger partial charge is 0.495 e. The number of rotatable bonds is 5. The zero-order valence-corrected chi connectivity index (χ0v) is 16.5. The van der Waals surface area contributed by atoms with E-state index in [0.29, 0.717) is 5.02 Å². The van der Waals surface area contributed by atoms with Crippen LogP contribution in [-0.4, -0.2) is 59.5 Å². The van der Waals surface area contributed by atoms with E-state index in [1.54, 1.807) is 7.11 Å². The van der Waals surface area contributed by atoms with Crippen LogP contribution in [0.3, 0.4) is 0 Å². The molecule has 2 aromatic heterocycles. The highest BCUT2D eigenvalue weighted by molar-refractivity contribution is 6.32. The third-order valence-corrected chi connectivity index (χ3v) is 5.39. The molecule has 0 spiro atoms. The van der Waals surface area contributed by atoms with E-state index >= 15 is 0 Å². The molecule has 0 bridgehead atoms. The van der Waals surface area contributed by atoms with Crippen molar-refractivity contribution in [2.24, 2.45) is 0 Å². The number of hydrogen-bond acceptors (Lipinski definition) is 5. The van der Waals surface area contributed by atoms with E-state index in [1.165, 1.54) is 0 Å². The van der Waals surface area contributed by atoms with Gasteiger partial charge in [-0.15, -0.1) is 0 Å². The van der Waals surface area contributed by atoms with E-state index in [-0.39, 0.29) is 0 Å². The van der Waals surface area contributed by atoms with Gasteiger partial charge in [0, 0.05) is 61.8 Å². The number of aromatic nitrogens is 3. The van der Waals surface area contributed by atoms with E-state index in [1.807, 2.05) is 29.8 Å². The molecular weight excluding hydrogens is 362 g/mol. The molecule has 1 fully saturated rings. The quantitative estimate of drug-likeness (QED) is 0.674. The van der Waals surface area contributed by atoms with Crippen LogP contribution in [0.2, 0.25) is 5.02 Å². The average Bonchev–Trinajstić information content (AvgIpc) is 3.09. The summed E-state index contributed by atoms with van der Waals surface area (Å²) >= 11 is 6.13. The van der Waals surface area contributed by atoms with Crippen LogP contribution in [0.15, 0.2) is 36.5 Å². The number of anilines is 1.